The maximum atomic E-state index is 12.8. The van der Waals surface area contributed by atoms with Crippen molar-refractivity contribution in [3.05, 3.63) is 59.9 Å². The molecule has 3 rings (SSSR count). The molecule has 2 aromatic rings. The summed E-state index contributed by atoms with van der Waals surface area (Å²) in [6, 6.07) is 9.16. The van der Waals surface area contributed by atoms with E-state index >= 15 is 0 Å². The summed E-state index contributed by atoms with van der Waals surface area (Å²) in [5.41, 5.74) is 1.12. The lowest BCUT2D eigenvalue weighted by Gasteiger charge is -2.26. The number of benzene rings is 1. The molecule has 2 heterocycles. The molecule has 0 saturated carbocycles. The van der Waals surface area contributed by atoms with Crippen molar-refractivity contribution in [3.63, 3.8) is 0 Å². The Labute approximate surface area is 157 Å². The average molecular weight is 388 g/mol. The highest BCUT2D eigenvalue weighted by molar-refractivity contribution is 7.89. The topological polar surface area (TPSA) is 108 Å². The summed E-state index contributed by atoms with van der Waals surface area (Å²) in [6.07, 6.45) is 3.28. The maximum absolute atomic E-state index is 12.8. The van der Waals surface area contributed by atoms with Gasteiger partial charge in [0.05, 0.1) is 17.5 Å². The number of hydrogen-bond donors (Lipinski definition) is 2. The first-order chi connectivity index (χ1) is 12.9. The number of carbonyl (C=O) groups excluding carboxylic acids is 2. The summed E-state index contributed by atoms with van der Waals surface area (Å²) in [5.74, 6) is -0.724. The second kappa shape index (κ2) is 7.85. The Balaban J connectivity index is 1.78. The monoisotopic (exact) mass is 388 g/mol. The van der Waals surface area contributed by atoms with Crippen molar-refractivity contribution in [2.75, 3.05) is 19.6 Å². The number of sulfonamides is 1. The van der Waals surface area contributed by atoms with Crippen LogP contribution in [-0.4, -0.2) is 49.2 Å². The van der Waals surface area contributed by atoms with E-state index in [1.165, 1.54) is 18.2 Å². The Morgan fingerprint density at radius 3 is 2.70 bits per heavy atom. The van der Waals surface area contributed by atoms with E-state index in [-0.39, 0.29) is 47.9 Å². The Morgan fingerprint density at radius 2 is 2.00 bits per heavy atom. The van der Waals surface area contributed by atoms with Crippen molar-refractivity contribution in [2.45, 2.75) is 17.9 Å². The zero-order chi connectivity index (χ0) is 19.4. The quantitative estimate of drug-likeness (QED) is 0.784. The number of aromatic nitrogens is 1. The Bertz CT molecular complexity index is 947. The van der Waals surface area contributed by atoms with Gasteiger partial charge >= 0.3 is 0 Å². The lowest BCUT2D eigenvalue weighted by molar-refractivity contribution is -0.122. The average Bonchev–Trinajstić information content (AvgIpc) is 2.68. The highest BCUT2D eigenvalue weighted by atomic mass is 32.2. The van der Waals surface area contributed by atoms with Crippen LogP contribution in [0.25, 0.3) is 0 Å². The second-order valence-corrected chi connectivity index (χ2v) is 8.13. The highest BCUT2D eigenvalue weighted by Gasteiger charge is 2.29. The van der Waals surface area contributed by atoms with Gasteiger partial charge in [-0.3, -0.25) is 14.6 Å². The molecule has 0 aliphatic carbocycles. The molecular formula is C18H20N4O4S. The van der Waals surface area contributed by atoms with Crippen LogP contribution in [0.2, 0.25) is 0 Å². The standard InChI is InChI=1S/C18H20N4O4S/c1-13(14-5-7-19-8-6-14)21-18(24)15-3-2-4-16(11-15)27(25,26)22-10-9-20-17(23)12-22/h2-8,11,13H,9-10,12H2,1H3,(H,20,23)(H,21,24)/t13-/m1/s1. The first kappa shape index (κ1) is 19.0. The fraction of sp³-hybridized carbons (Fsp3) is 0.278. The van der Waals surface area contributed by atoms with Crippen molar-refractivity contribution in [1.29, 1.82) is 0 Å². The molecule has 1 atom stereocenters. The van der Waals surface area contributed by atoms with Gasteiger partial charge in [-0.1, -0.05) is 6.07 Å². The molecule has 9 heteroatoms. The lowest BCUT2D eigenvalue weighted by atomic mass is 10.1. The number of amides is 2. The third kappa shape index (κ3) is 4.32. The van der Waals surface area contributed by atoms with Crippen LogP contribution in [0, 0.1) is 0 Å². The van der Waals surface area contributed by atoms with E-state index in [0.717, 1.165) is 9.87 Å². The van der Waals surface area contributed by atoms with Crippen LogP contribution >= 0.6 is 0 Å². The molecule has 0 bridgehead atoms. The fourth-order valence-electron chi connectivity index (χ4n) is 2.78. The molecule has 2 amide bonds. The molecule has 27 heavy (non-hydrogen) atoms. The minimum absolute atomic E-state index is 0.0126. The van der Waals surface area contributed by atoms with Gasteiger partial charge < -0.3 is 10.6 Å². The highest BCUT2D eigenvalue weighted by Crippen LogP contribution is 2.19. The van der Waals surface area contributed by atoms with Crippen molar-refractivity contribution >= 4 is 21.8 Å². The van der Waals surface area contributed by atoms with Crippen LogP contribution in [0.3, 0.4) is 0 Å². The van der Waals surface area contributed by atoms with Gasteiger partial charge in [0.2, 0.25) is 15.9 Å². The molecule has 0 spiro atoms. The van der Waals surface area contributed by atoms with Crippen molar-refractivity contribution < 1.29 is 18.0 Å². The maximum Gasteiger partial charge on any atom is 0.251 e. The van der Waals surface area contributed by atoms with Gasteiger partial charge in [-0.05, 0) is 42.8 Å². The molecule has 1 saturated heterocycles. The minimum Gasteiger partial charge on any atom is -0.354 e. The number of carbonyl (C=O) groups is 2. The Kier molecular flexibility index (Phi) is 5.52. The summed E-state index contributed by atoms with van der Waals surface area (Å²) >= 11 is 0. The summed E-state index contributed by atoms with van der Waals surface area (Å²) in [5, 5.41) is 5.43. The van der Waals surface area contributed by atoms with Crippen LogP contribution in [0.1, 0.15) is 28.9 Å². The van der Waals surface area contributed by atoms with Crippen molar-refractivity contribution in [1.82, 2.24) is 19.9 Å². The molecule has 8 nitrogen and oxygen atoms in total. The first-order valence-corrected chi connectivity index (χ1v) is 9.89. The summed E-state index contributed by atoms with van der Waals surface area (Å²) in [7, 11) is -3.85. The number of rotatable bonds is 5. The smallest absolute Gasteiger partial charge is 0.251 e. The lowest BCUT2D eigenvalue weighted by Crippen LogP contribution is -2.49. The summed E-state index contributed by atoms with van der Waals surface area (Å²) in [4.78, 5) is 28.0. The number of pyridine rings is 1. The molecular weight excluding hydrogens is 368 g/mol. The van der Waals surface area contributed by atoms with E-state index in [1.54, 1.807) is 30.6 Å². The Morgan fingerprint density at radius 1 is 1.26 bits per heavy atom. The van der Waals surface area contributed by atoms with E-state index < -0.39 is 10.0 Å². The number of nitrogens with one attached hydrogen (secondary N) is 2. The first-order valence-electron chi connectivity index (χ1n) is 8.45. The van der Waals surface area contributed by atoms with Crippen molar-refractivity contribution in [2.24, 2.45) is 0 Å². The predicted octanol–water partition coefficient (Wildman–Crippen LogP) is 0.693. The minimum atomic E-state index is -3.85. The molecule has 0 radical (unpaired) electrons. The van der Waals surface area contributed by atoms with Gasteiger partial charge in [-0.2, -0.15) is 4.31 Å². The molecule has 2 N–H and O–H groups in total. The van der Waals surface area contributed by atoms with Gasteiger partial charge in [0.1, 0.15) is 0 Å². The van der Waals surface area contributed by atoms with Crippen LogP contribution < -0.4 is 10.6 Å². The zero-order valence-corrected chi connectivity index (χ0v) is 15.6. The van der Waals surface area contributed by atoms with Gasteiger partial charge in [-0.15, -0.1) is 0 Å². The Hall–Kier alpha value is -2.78. The van der Waals surface area contributed by atoms with E-state index in [2.05, 4.69) is 15.6 Å². The van der Waals surface area contributed by atoms with E-state index in [9.17, 15) is 18.0 Å². The fourth-order valence-corrected chi connectivity index (χ4v) is 4.23. The van der Waals surface area contributed by atoms with Crippen LogP contribution in [-0.2, 0) is 14.8 Å². The van der Waals surface area contributed by atoms with Crippen molar-refractivity contribution in [3.8, 4) is 0 Å². The molecule has 142 valence electrons. The number of hydrogen-bond acceptors (Lipinski definition) is 5. The van der Waals surface area contributed by atoms with Crippen LogP contribution in [0.15, 0.2) is 53.7 Å². The molecule has 1 aromatic carbocycles. The third-order valence-corrected chi connectivity index (χ3v) is 6.13. The SMILES string of the molecule is C[C@@H](NC(=O)c1cccc(S(=O)(=O)N2CCNC(=O)C2)c1)c1ccncc1. The summed E-state index contributed by atoms with van der Waals surface area (Å²) < 4.78 is 26.6. The molecule has 1 aliphatic heterocycles. The molecule has 1 aliphatic rings. The normalized spacial score (nSPS) is 16.4. The molecule has 1 aromatic heterocycles. The predicted molar refractivity (Wildman–Crippen MR) is 98.3 cm³/mol. The van der Waals surface area contributed by atoms with Gasteiger partial charge in [0, 0.05) is 31.0 Å². The van der Waals surface area contributed by atoms with Crippen LogP contribution in [0.4, 0.5) is 0 Å². The van der Waals surface area contributed by atoms with Gasteiger partial charge in [0.15, 0.2) is 0 Å². The molecule has 0 unspecified atom stereocenters. The number of piperazine rings is 1. The second-order valence-electron chi connectivity index (χ2n) is 6.19. The molecule has 1 fully saturated rings. The van der Waals surface area contributed by atoms with Gasteiger partial charge in [0.25, 0.3) is 5.91 Å². The third-order valence-electron chi connectivity index (χ3n) is 4.29. The van der Waals surface area contributed by atoms with E-state index in [1.807, 2.05) is 6.92 Å². The number of nitrogens with zero attached hydrogens (tertiary/aromatic N) is 2. The van der Waals surface area contributed by atoms with E-state index in [0.29, 0.717) is 0 Å². The largest absolute Gasteiger partial charge is 0.354 e. The summed E-state index contributed by atoms with van der Waals surface area (Å²) in [6.45, 7) is 2.07. The van der Waals surface area contributed by atoms with Gasteiger partial charge in [-0.25, -0.2) is 8.42 Å². The van der Waals surface area contributed by atoms with Crippen LogP contribution in [0.5, 0.6) is 0 Å². The van der Waals surface area contributed by atoms with E-state index in [4.69, 9.17) is 0 Å². The zero-order valence-electron chi connectivity index (χ0n) is 14.8.